The first kappa shape index (κ1) is 26.2. The quantitative estimate of drug-likeness (QED) is 0.486. The average Bonchev–Trinajstić information content (AvgIpc) is 2.91. The molecule has 0 aliphatic carbocycles. The molecule has 0 radical (unpaired) electrons. The van der Waals surface area contributed by atoms with Crippen molar-refractivity contribution in [3.8, 4) is 5.75 Å². The fourth-order valence-electron chi connectivity index (χ4n) is 4.43. The minimum Gasteiger partial charge on any atom is -0.486 e. The number of para-hydroxylation sites is 1. The van der Waals surface area contributed by atoms with E-state index in [9.17, 15) is 14.7 Å². The van der Waals surface area contributed by atoms with Gasteiger partial charge >= 0.3 is 0 Å². The highest BCUT2D eigenvalue weighted by Crippen LogP contribution is 2.35. The van der Waals surface area contributed by atoms with Crippen molar-refractivity contribution in [2.75, 3.05) is 32.1 Å². The number of likely N-dealkylation sites (N-methyl/N-ethyl adjacent to an activating group) is 1. The lowest BCUT2D eigenvalue weighted by molar-refractivity contribution is 0.0343. The van der Waals surface area contributed by atoms with Gasteiger partial charge in [0, 0.05) is 37.9 Å². The Kier molecular flexibility index (Phi) is 8.47. The molecule has 3 aromatic rings. The average molecular weight is 504 g/mol. The molecule has 194 valence electrons. The predicted molar refractivity (Wildman–Crippen MR) is 140 cm³/mol. The summed E-state index contributed by atoms with van der Waals surface area (Å²) < 4.78 is 6.56. The van der Waals surface area contributed by atoms with Gasteiger partial charge < -0.3 is 20.1 Å². The number of ether oxygens (including phenoxy) is 1. The molecule has 3 atom stereocenters. The number of aliphatic hydroxyl groups excluding tert-OH is 1. The van der Waals surface area contributed by atoms with E-state index in [4.69, 9.17) is 4.74 Å². The molecule has 0 bridgehead atoms. The zero-order chi connectivity index (χ0) is 26.4. The van der Waals surface area contributed by atoms with E-state index >= 15 is 0 Å². The molecule has 9 nitrogen and oxygen atoms in total. The molecule has 2 aromatic carbocycles. The van der Waals surface area contributed by atoms with Crippen molar-refractivity contribution in [2.24, 2.45) is 5.92 Å². The molecular weight excluding hydrogens is 470 g/mol. The van der Waals surface area contributed by atoms with Crippen LogP contribution in [0.15, 0.2) is 67.1 Å². The summed E-state index contributed by atoms with van der Waals surface area (Å²) >= 11 is 0. The Hall–Kier alpha value is -3.82. The second-order valence-corrected chi connectivity index (χ2v) is 9.53. The summed E-state index contributed by atoms with van der Waals surface area (Å²) in [6.07, 6.45) is 4.02. The molecule has 9 heteroatoms. The van der Waals surface area contributed by atoms with Crippen molar-refractivity contribution in [1.29, 1.82) is 0 Å². The molecule has 4 rings (SSSR count). The number of carbonyl (C=O) groups is 2. The number of fused-ring (bicyclic) bond motifs is 1. The molecule has 2 amide bonds. The minimum absolute atomic E-state index is 0.0481. The number of carbonyl (C=O) groups excluding carboxylic acids is 2. The van der Waals surface area contributed by atoms with Gasteiger partial charge in [-0.3, -0.25) is 19.5 Å². The van der Waals surface area contributed by atoms with Gasteiger partial charge in [-0.05, 0) is 31.7 Å². The van der Waals surface area contributed by atoms with Crippen molar-refractivity contribution in [3.63, 3.8) is 0 Å². The Morgan fingerprint density at radius 3 is 2.70 bits per heavy atom. The van der Waals surface area contributed by atoms with Crippen LogP contribution in [0.2, 0.25) is 0 Å². The molecule has 1 aromatic heterocycles. The third-order valence-electron chi connectivity index (χ3n) is 6.52. The highest BCUT2D eigenvalue weighted by molar-refractivity contribution is 6.06. The van der Waals surface area contributed by atoms with E-state index < -0.39 is 5.91 Å². The standard InChI is InChI=1S/C28H33N5O4/c1-19-15-33(20(2)18-34)28(36)22-10-7-11-23(31-27(35)24-14-29-12-13-30-24)26(22)37-25(19)17-32(3)16-21-8-5-4-6-9-21/h4-14,19-20,25,34H,15-18H2,1-3H3,(H,31,35)/t19-,20+,25+/m1/s1. The van der Waals surface area contributed by atoms with Crippen LogP contribution in [0, 0.1) is 5.92 Å². The van der Waals surface area contributed by atoms with Crippen LogP contribution in [-0.4, -0.2) is 75.6 Å². The maximum Gasteiger partial charge on any atom is 0.275 e. The lowest BCUT2D eigenvalue weighted by Crippen LogP contribution is -2.49. The fourth-order valence-corrected chi connectivity index (χ4v) is 4.43. The van der Waals surface area contributed by atoms with E-state index in [-0.39, 0.29) is 36.3 Å². The molecule has 1 aliphatic heterocycles. The molecule has 0 unspecified atom stereocenters. The van der Waals surface area contributed by atoms with Gasteiger partial charge in [0.2, 0.25) is 0 Å². The van der Waals surface area contributed by atoms with Crippen LogP contribution >= 0.6 is 0 Å². The second-order valence-electron chi connectivity index (χ2n) is 9.53. The first-order valence-electron chi connectivity index (χ1n) is 12.4. The lowest BCUT2D eigenvalue weighted by Gasteiger charge is -2.38. The van der Waals surface area contributed by atoms with E-state index in [1.165, 1.54) is 24.2 Å². The summed E-state index contributed by atoms with van der Waals surface area (Å²) in [4.78, 5) is 38.4. The van der Waals surface area contributed by atoms with E-state index in [1.54, 1.807) is 23.1 Å². The number of aromatic nitrogens is 2. The molecule has 37 heavy (non-hydrogen) atoms. The maximum atomic E-state index is 13.6. The van der Waals surface area contributed by atoms with Crippen molar-refractivity contribution in [1.82, 2.24) is 19.8 Å². The molecular formula is C28H33N5O4. The molecule has 0 fully saturated rings. The van der Waals surface area contributed by atoms with Crippen LogP contribution in [0.1, 0.15) is 40.3 Å². The van der Waals surface area contributed by atoms with E-state index in [0.717, 1.165) is 6.54 Å². The lowest BCUT2D eigenvalue weighted by atomic mass is 9.98. The van der Waals surface area contributed by atoms with E-state index in [2.05, 4.69) is 32.3 Å². The third-order valence-corrected chi connectivity index (χ3v) is 6.52. The van der Waals surface area contributed by atoms with Crippen LogP contribution in [0.4, 0.5) is 5.69 Å². The maximum absolute atomic E-state index is 13.6. The second kappa shape index (κ2) is 11.9. The van der Waals surface area contributed by atoms with Gasteiger partial charge in [0.05, 0.1) is 30.1 Å². The number of hydrogen-bond donors (Lipinski definition) is 2. The monoisotopic (exact) mass is 503 g/mol. The molecule has 0 spiro atoms. The Balaban J connectivity index is 1.67. The zero-order valence-electron chi connectivity index (χ0n) is 21.4. The van der Waals surface area contributed by atoms with Crippen molar-refractivity contribution < 1.29 is 19.4 Å². The van der Waals surface area contributed by atoms with Gasteiger partial charge in [-0.15, -0.1) is 0 Å². The van der Waals surface area contributed by atoms with E-state index in [0.29, 0.717) is 30.1 Å². The first-order chi connectivity index (χ1) is 17.9. The van der Waals surface area contributed by atoms with Crippen molar-refractivity contribution >= 4 is 17.5 Å². The van der Waals surface area contributed by atoms with Crippen LogP contribution in [-0.2, 0) is 6.54 Å². The van der Waals surface area contributed by atoms with E-state index in [1.807, 2.05) is 39.1 Å². The molecule has 0 saturated carbocycles. The number of hydrogen-bond acceptors (Lipinski definition) is 7. The molecule has 2 N–H and O–H groups in total. The van der Waals surface area contributed by atoms with Gasteiger partial charge in [-0.25, -0.2) is 4.98 Å². The summed E-state index contributed by atoms with van der Waals surface area (Å²) in [5, 5.41) is 12.7. The summed E-state index contributed by atoms with van der Waals surface area (Å²) in [5.41, 5.74) is 2.05. The van der Waals surface area contributed by atoms with Crippen LogP contribution in [0.5, 0.6) is 5.75 Å². The van der Waals surface area contributed by atoms with Gasteiger partial charge in [0.15, 0.2) is 5.75 Å². The summed E-state index contributed by atoms with van der Waals surface area (Å²) in [6.45, 7) is 5.47. The number of benzene rings is 2. The Morgan fingerprint density at radius 2 is 2.00 bits per heavy atom. The number of nitrogens with zero attached hydrogens (tertiary/aromatic N) is 4. The smallest absolute Gasteiger partial charge is 0.275 e. The van der Waals surface area contributed by atoms with Gasteiger partial charge in [0.1, 0.15) is 11.8 Å². The van der Waals surface area contributed by atoms with Crippen molar-refractivity contribution in [3.05, 3.63) is 83.9 Å². The van der Waals surface area contributed by atoms with Gasteiger partial charge in [-0.1, -0.05) is 43.3 Å². The van der Waals surface area contributed by atoms with Gasteiger partial charge in [0.25, 0.3) is 11.8 Å². The normalized spacial score (nSPS) is 18.4. The molecule has 0 saturated heterocycles. The summed E-state index contributed by atoms with van der Waals surface area (Å²) in [7, 11) is 2.03. The number of nitrogens with one attached hydrogen (secondary N) is 1. The van der Waals surface area contributed by atoms with Crippen LogP contribution in [0.3, 0.4) is 0 Å². The fraction of sp³-hybridized carbons (Fsp3) is 0.357. The largest absolute Gasteiger partial charge is 0.486 e. The Morgan fingerprint density at radius 1 is 1.22 bits per heavy atom. The summed E-state index contributed by atoms with van der Waals surface area (Å²) in [6, 6.07) is 14.9. The summed E-state index contributed by atoms with van der Waals surface area (Å²) in [5.74, 6) is -0.446. The molecule has 2 heterocycles. The number of amides is 2. The predicted octanol–water partition coefficient (Wildman–Crippen LogP) is 3.08. The highest BCUT2D eigenvalue weighted by atomic mass is 16.5. The highest BCUT2D eigenvalue weighted by Gasteiger charge is 2.34. The van der Waals surface area contributed by atoms with Crippen LogP contribution in [0.25, 0.3) is 0 Å². The zero-order valence-corrected chi connectivity index (χ0v) is 21.4. The van der Waals surface area contributed by atoms with Crippen LogP contribution < -0.4 is 10.1 Å². The third kappa shape index (κ3) is 6.31. The number of rotatable bonds is 8. The van der Waals surface area contributed by atoms with Gasteiger partial charge in [-0.2, -0.15) is 0 Å². The minimum atomic E-state index is -0.453. The Labute approximate surface area is 217 Å². The SMILES string of the molecule is C[C@@H]1CN([C@@H](C)CO)C(=O)c2cccc(NC(=O)c3cnccn3)c2O[C@H]1CN(C)Cc1ccccc1. The topological polar surface area (TPSA) is 108 Å². The Bertz CT molecular complexity index is 1210. The number of aliphatic hydroxyl groups is 1. The first-order valence-corrected chi connectivity index (χ1v) is 12.4. The van der Waals surface area contributed by atoms with Crippen molar-refractivity contribution in [2.45, 2.75) is 32.5 Å². The number of anilines is 1. The molecule has 1 aliphatic rings.